The van der Waals surface area contributed by atoms with E-state index in [4.69, 9.17) is 4.74 Å². The minimum absolute atomic E-state index is 0.00443. The van der Waals surface area contributed by atoms with Gasteiger partial charge in [0.1, 0.15) is 6.61 Å². The quantitative estimate of drug-likeness (QED) is 0.453. The number of ether oxygens (including phenoxy) is 1. The van der Waals surface area contributed by atoms with Crippen LogP contribution < -0.4 is 10.6 Å². The lowest BCUT2D eigenvalue weighted by atomic mass is 10.2. The van der Waals surface area contributed by atoms with Gasteiger partial charge < -0.3 is 15.4 Å². The van der Waals surface area contributed by atoms with Gasteiger partial charge in [-0.15, -0.1) is 11.3 Å². The Kier molecular flexibility index (Phi) is 7.35. The van der Waals surface area contributed by atoms with Gasteiger partial charge in [-0.2, -0.15) is 0 Å². The number of nitrogens with one attached hydrogen (secondary N) is 2. The van der Waals surface area contributed by atoms with E-state index in [1.807, 2.05) is 24.3 Å². The summed E-state index contributed by atoms with van der Waals surface area (Å²) in [6, 6.07) is 19.0. The minimum atomic E-state index is -0.231. The van der Waals surface area contributed by atoms with Crippen molar-refractivity contribution in [1.82, 2.24) is 0 Å². The maximum Gasteiger partial charge on any atom is 0.250 e. The molecule has 1 aromatic heterocycles. The van der Waals surface area contributed by atoms with Crippen molar-refractivity contribution in [3.05, 3.63) is 76.1 Å². The molecule has 2 aromatic carbocycles. The fraction of sp³-hybridized carbons (Fsp3) is 0.0909. The van der Waals surface area contributed by atoms with Gasteiger partial charge in [-0.05, 0) is 60.2 Å². The normalized spacial score (nSPS) is 10.8. The Labute approximate surface area is 181 Å². The van der Waals surface area contributed by atoms with Crippen LogP contribution in [0, 0.1) is 0 Å². The van der Waals surface area contributed by atoms with Crippen molar-refractivity contribution in [3.63, 3.8) is 0 Å². The molecule has 0 fully saturated rings. The first-order valence-corrected chi connectivity index (χ1v) is 10.4. The van der Waals surface area contributed by atoms with E-state index in [1.54, 1.807) is 41.7 Å². The zero-order valence-electron chi connectivity index (χ0n) is 15.6. The second kappa shape index (κ2) is 10.2. The van der Waals surface area contributed by atoms with E-state index >= 15 is 0 Å². The molecule has 3 aromatic rings. The van der Waals surface area contributed by atoms with Crippen LogP contribution in [0.1, 0.15) is 4.88 Å². The van der Waals surface area contributed by atoms with Gasteiger partial charge in [-0.3, -0.25) is 9.59 Å². The molecule has 2 N–H and O–H groups in total. The minimum Gasteiger partial charge on any atom is -0.375 e. The fourth-order valence-electron chi connectivity index (χ4n) is 2.52. The molecule has 0 aliphatic heterocycles. The third-order valence-corrected chi connectivity index (χ3v) is 5.49. The number of benzene rings is 2. The predicted molar refractivity (Wildman–Crippen MR) is 122 cm³/mol. The van der Waals surface area contributed by atoms with Crippen LogP contribution in [0.4, 0.5) is 11.4 Å². The first kappa shape index (κ1) is 21.0. The number of anilines is 2. The SMILES string of the molecule is COCC(=O)Nc1ccc(NC(=O)/C=C/c2ccc(-c3ccc(Br)cc3)s2)cc1. The summed E-state index contributed by atoms with van der Waals surface area (Å²) in [5, 5.41) is 5.50. The van der Waals surface area contributed by atoms with Crippen molar-refractivity contribution < 1.29 is 14.3 Å². The Bertz CT molecular complexity index is 1010. The number of rotatable bonds is 7. The molecule has 0 bridgehead atoms. The molecule has 0 saturated carbocycles. The summed E-state index contributed by atoms with van der Waals surface area (Å²) in [7, 11) is 1.46. The highest BCUT2D eigenvalue weighted by molar-refractivity contribution is 9.10. The number of hydrogen-bond acceptors (Lipinski definition) is 4. The standard InChI is InChI=1S/C22H19BrN2O3S/c1-28-14-22(27)25-18-8-6-17(7-9-18)24-21(26)13-11-19-10-12-20(29-19)15-2-4-16(23)5-3-15/h2-13H,14H2,1H3,(H,24,26)(H,25,27)/b13-11+. The second-order valence-corrected chi connectivity index (χ2v) is 8.12. The lowest BCUT2D eigenvalue weighted by Gasteiger charge is -2.06. The van der Waals surface area contributed by atoms with E-state index in [-0.39, 0.29) is 18.4 Å². The van der Waals surface area contributed by atoms with Crippen molar-refractivity contribution in [3.8, 4) is 10.4 Å². The van der Waals surface area contributed by atoms with E-state index < -0.39 is 0 Å². The molecule has 7 heteroatoms. The van der Waals surface area contributed by atoms with Crippen LogP contribution in [0.15, 0.2) is 71.2 Å². The van der Waals surface area contributed by atoms with Crippen molar-refractivity contribution in [2.45, 2.75) is 0 Å². The Balaban J connectivity index is 1.56. The fourth-order valence-corrected chi connectivity index (χ4v) is 3.70. The molecule has 29 heavy (non-hydrogen) atoms. The average molecular weight is 471 g/mol. The molecule has 0 atom stereocenters. The number of carbonyl (C=O) groups excluding carboxylic acids is 2. The maximum absolute atomic E-state index is 12.2. The van der Waals surface area contributed by atoms with E-state index in [0.29, 0.717) is 11.4 Å². The molecule has 0 radical (unpaired) electrons. The van der Waals surface area contributed by atoms with Crippen LogP contribution in [0.3, 0.4) is 0 Å². The number of methoxy groups -OCH3 is 1. The van der Waals surface area contributed by atoms with Crippen LogP contribution in [0.2, 0.25) is 0 Å². The smallest absolute Gasteiger partial charge is 0.250 e. The highest BCUT2D eigenvalue weighted by Crippen LogP contribution is 2.29. The predicted octanol–water partition coefficient (Wildman–Crippen LogP) is 5.41. The summed E-state index contributed by atoms with van der Waals surface area (Å²) >= 11 is 5.06. The summed E-state index contributed by atoms with van der Waals surface area (Å²) in [5.41, 5.74) is 2.42. The van der Waals surface area contributed by atoms with Gasteiger partial charge in [0.2, 0.25) is 11.8 Å². The van der Waals surface area contributed by atoms with E-state index in [2.05, 4.69) is 38.7 Å². The van der Waals surface area contributed by atoms with E-state index in [1.165, 1.54) is 13.2 Å². The molecule has 0 unspecified atom stereocenters. The van der Waals surface area contributed by atoms with Gasteiger partial charge in [-0.25, -0.2) is 0 Å². The molecule has 2 amide bonds. The Morgan fingerprint density at radius 3 is 2.28 bits per heavy atom. The largest absolute Gasteiger partial charge is 0.375 e. The van der Waals surface area contributed by atoms with Crippen LogP contribution in [0.5, 0.6) is 0 Å². The number of halogens is 1. The summed E-state index contributed by atoms with van der Waals surface area (Å²) in [6.45, 7) is -0.00443. The second-order valence-electron chi connectivity index (χ2n) is 6.09. The van der Waals surface area contributed by atoms with Gasteiger partial charge >= 0.3 is 0 Å². The third kappa shape index (κ3) is 6.39. The van der Waals surface area contributed by atoms with Crippen molar-refractivity contribution in [2.24, 2.45) is 0 Å². The summed E-state index contributed by atoms with van der Waals surface area (Å²) in [6.07, 6.45) is 3.30. The molecule has 5 nitrogen and oxygen atoms in total. The summed E-state index contributed by atoms with van der Waals surface area (Å²) < 4.78 is 5.81. The number of carbonyl (C=O) groups is 2. The number of amides is 2. The molecule has 0 aliphatic carbocycles. The van der Waals surface area contributed by atoms with E-state index in [0.717, 1.165) is 19.8 Å². The molecule has 148 valence electrons. The van der Waals surface area contributed by atoms with Gasteiger partial charge in [0.15, 0.2) is 0 Å². The first-order chi connectivity index (χ1) is 14.0. The van der Waals surface area contributed by atoms with Crippen LogP contribution in [-0.2, 0) is 14.3 Å². The van der Waals surface area contributed by atoms with Crippen LogP contribution in [0.25, 0.3) is 16.5 Å². The highest BCUT2D eigenvalue weighted by atomic mass is 79.9. The zero-order valence-corrected chi connectivity index (χ0v) is 18.0. The molecule has 0 aliphatic rings. The van der Waals surface area contributed by atoms with Crippen LogP contribution >= 0.6 is 27.3 Å². The molecular weight excluding hydrogens is 452 g/mol. The maximum atomic E-state index is 12.2. The topological polar surface area (TPSA) is 67.4 Å². The number of hydrogen-bond donors (Lipinski definition) is 2. The highest BCUT2D eigenvalue weighted by Gasteiger charge is 2.04. The van der Waals surface area contributed by atoms with Gasteiger partial charge in [0, 0.05) is 38.8 Å². The average Bonchev–Trinajstić information content (AvgIpc) is 3.18. The van der Waals surface area contributed by atoms with Crippen molar-refractivity contribution in [1.29, 1.82) is 0 Å². The first-order valence-electron chi connectivity index (χ1n) is 8.77. The lowest BCUT2D eigenvalue weighted by molar-refractivity contribution is -0.119. The lowest BCUT2D eigenvalue weighted by Crippen LogP contribution is -2.17. The Morgan fingerprint density at radius 1 is 0.966 bits per heavy atom. The van der Waals surface area contributed by atoms with Crippen LogP contribution in [-0.4, -0.2) is 25.5 Å². The summed E-state index contributed by atoms with van der Waals surface area (Å²) in [5.74, 6) is -0.453. The van der Waals surface area contributed by atoms with Gasteiger partial charge in [-0.1, -0.05) is 28.1 Å². The zero-order chi connectivity index (χ0) is 20.6. The Hall–Kier alpha value is -2.74. The van der Waals surface area contributed by atoms with E-state index in [9.17, 15) is 9.59 Å². The van der Waals surface area contributed by atoms with Crippen molar-refractivity contribution in [2.75, 3.05) is 24.4 Å². The van der Waals surface area contributed by atoms with Gasteiger partial charge in [0.25, 0.3) is 0 Å². The van der Waals surface area contributed by atoms with Crippen molar-refractivity contribution >= 4 is 56.5 Å². The van der Waals surface area contributed by atoms with Gasteiger partial charge in [0.05, 0.1) is 0 Å². The molecule has 0 saturated heterocycles. The molecular formula is C22H19BrN2O3S. The monoisotopic (exact) mass is 470 g/mol. The molecule has 3 rings (SSSR count). The number of thiophene rings is 1. The molecule has 0 spiro atoms. The summed E-state index contributed by atoms with van der Waals surface area (Å²) in [4.78, 5) is 25.8. The molecule has 1 heterocycles. The Morgan fingerprint density at radius 2 is 1.62 bits per heavy atom. The third-order valence-electron chi connectivity index (χ3n) is 3.87.